The van der Waals surface area contributed by atoms with E-state index in [9.17, 15) is 18.0 Å². The van der Waals surface area contributed by atoms with Crippen LogP contribution in [-0.2, 0) is 0 Å². The molecular formula is C14H11F3N2O2. The van der Waals surface area contributed by atoms with Crippen LogP contribution in [0.3, 0.4) is 0 Å². The van der Waals surface area contributed by atoms with E-state index in [2.05, 4.69) is 4.74 Å². The van der Waals surface area contributed by atoms with E-state index in [1.165, 1.54) is 36.4 Å². The minimum atomic E-state index is -4.80. The van der Waals surface area contributed by atoms with Crippen molar-refractivity contribution in [3.63, 3.8) is 0 Å². The van der Waals surface area contributed by atoms with Gasteiger partial charge in [-0.3, -0.25) is 4.79 Å². The van der Waals surface area contributed by atoms with Crippen LogP contribution in [0, 0.1) is 0 Å². The lowest BCUT2D eigenvalue weighted by Crippen LogP contribution is -2.17. The molecule has 0 saturated carbocycles. The van der Waals surface area contributed by atoms with E-state index >= 15 is 0 Å². The van der Waals surface area contributed by atoms with Gasteiger partial charge in [-0.1, -0.05) is 24.3 Å². The number of hydrogen-bond donors (Lipinski definition) is 2. The summed E-state index contributed by atoms with van der Waals surface area (Å²) in [7, 11) is 0. The molecule has 2 rings (SSSR count). The molecular weight excluding hydrogens is 285 g/mol. The Morgan fingerprint density at radius 1 is 1.10 bits per heavy atom. The molecule has 21 heavy (non-hydrogen) atoms. The first-order chi connectivity index (χ1) is 9.78. The number of anilines is 1. The molecule has 0 radical (unpaired) electrons. The van der Waals surface area contributed by atoms with E-state index in [0.717, 1.165) is 0 Å². The van der Waals surface area contributed by atoms with Crippen LogP contribution < -0.4 is 16.2 Å². The smallest absolute Gasteiger partial charge is 0.405 e. The largest absolute Gasteiger partial charge is 0.573 e. The normalized spacial score (nSPS) is 11.2. The van der Waals surface area contributed by atoms with Crippen LogP contribution in [0.15, 0.2) is 42.5 Å². The van der Waals surface area contributed by atoms with Crippen LogP contribution in [0.1, 0.15) is 10.4 Å². The Kier molecular flexibility index (Phi) is 3.75. The van der Waals surface area contributed by atoms with Gasteiger partial charge in [-0.05, 0) is 23.8 Å². The summed E-state index contributed by atoms with van der Waals surface area (Å²) in [6, 6.07) is 9.83. The van der Waals surface area contributed by atoms with Crippen molar-refractivity contribution in [2.24, 2.45) is 5.73 Å². The lowest BCUT2D eigenvalue weighted by Gasteiger charge is -2.14. The second kappa shape index (κ2) is 5.35. The van der Waals surface area contributed by atoms with Crippen LogP contribution in [-0.4, -0.2) is 12.3 Å². The van der Waals surface area contributed by atoms with Gasteiger partial charge in [-0.25, -0.2) is 0 Å². The van der Waals surface area contributed by atoms with Crippen molar-refractivity contribution in [3.8, 4) is 16.9 Å². The third-order valence-corrected chi connectivity index (χ3v) is 2.74. The third-order valence-electron chi connectivity index (χ3n) is 2.74. The molecule has 1 amide bonds. The first-order valence-electron chi connectivity index (χ1n) is 5.82. The highest BCUT2D eigenvalue weighted by atomic mass is 19.4. The molecule has 0 fully saturated rings. The number of nitrogens with two attached hydrogens (primary N) is 2. The molecule has 2 aromatic carbocycles. The zero-order valence-corrected chi connectivity index (χ0v) is 10.6. The molecule has 0 bridgehead atoms. The van der Waals surface area contributed by atoms with Gasteiger partial charge < -0.3 is 16.2 Å². The Labute approximate surface area is 118 Å². The van der Waals surface area contributed by atoms with Crippen molar-refractivity contribution < 1.29 is 22.7 Å². The highest BCUT2D eigenvalue weighted by molar-refractivity contribution is 5.99. The van der Waals surface area contributed by atoms with Gasteiger partial charge in [0.15, 0.2) is 0 Å². The van der Waals surface area contributed by atoms with Crippen LogP contribution in [0.5, 0.6) is 5.75 Å². The Hall–Kier alpha value is -2.70. The van der Waals surface area contributed by atoms with Gasteiger partial charge in [0.25, 0.3) is 5.91 Å². The Morgan fingerprint density at radius 2 is 1.76 bits per heavy atom. The summed E-state index contributed by atoms with van der Waals surface area (Å²) in [6.07, 6.45) is -4.80. The number of hydrogen-bond acceptors (Lipinski definition) is 3. The van der Waals surface area contributed by atoms with E-state index in [4.69, 9.17) is 11.5 Å². The predicted octanol–water partition coefficient (Wildman–Crippen LogP) is 2.93. The van der Waals surface area contributed by atoms with Gasteiger partial charge in [0.2, 0.25) is 0 Å². The fraction of sp³-hybridized carbons (Fsp3) is 0.0714. The number of rotatable bonds is 3. The minimum Gasteiger partial charge on any atom is -0.405 e. The van der Waals surface area contributed by atoms with E-state index < -0.39 is 12.3 Å². The summed E-state index contributed by atoms with van der Waals surface area (Å²) in [5, 5.41) is 0. The number of alkyl halides is 3. The molecule has 2 aromatic rings. The van der Waals surface area contributed by atoms with Crippen molar-refractivity contribution in [2.75, 3.05) is 5.73 Å². The average molecular weight is 296 g/mol. The molecule has 0 atom stereocenters. The van der Waals surface area contributed by atoms with Crippen molar-refractivity contribution in [3.05, 3.63) is 48.0 Å². The number of halogens is 3. The molecule has 4 nitrogen and oxygen atoms in total. The molecule has 0 aliphatic carbocycles. The second-order valence-corrected chi connectivity index (χ2v) is 4.21. The maximum absolute atomic E-state index is 12.4. The van der Waals surface area contributed by atoms with Gasteiger partial charge in [-0.15, -0.1) is 13.2 Å². The fourth-order valence-corrected chi connectivity index (χ4v) is 1.87. The second-order valence-electron chi connectivity index (χ2n) is 4.21. The van der Waals surface area contributed by atoms with Crippen LogP contribution in [0.4, 0.5) is 18.9 Å². The summed E-state index contributed by atoms with van der Waals surface area (Å²) >= 11 is 0. The van der Waals surface area contributed by atoms with E-state index in [1.54, 1.807) is 6.07 Å². The van der Waals surface area contributed by atoms with E-state index in [-0.39, 0.29) is 22.6 Å². The topological polar surface area (TPSA) is 78.3 Å². The quantitative estimate of drug-likeness (QED) is 0.855. The maximum atomic E-state index is 12.4. The molecule has 0 aliphatic rings. The summed E-state index contributed by atoms with van der Waals surface area (Å²) in [4.78, 5) is 11.1. The molecule has 7 heteroatoms. The molecule has 0 aliphatic heterocycles. The highest BCUT2D eigenvalue weighted by Gasteiger charge is 2.32. The molecule has 0 aromatic heterocycles. The molecule has 0 saturated heterocycles. The lowest BCUT2D eigenvalue weighted by atomic mass is 10.0. The Bertz CT molecular complexity index is 684. The van der Waals surface area contributed by atoms with Gasteiger partial charge in [-0.2, -0.15) is 0 Å². The fourth-order valence-electron chi connectivity index (χ4n) is 1.87. The van der Waals surface area contributed by atoms with Gasteiger partial charge in [0.1, 0.15) is 5.75 Å². The predicted molar refractivity (Wildman–Crippen MR) is 71.5 cm³/mol. The van der Waals surface area contributed by atoms with E-state index in [1.807, 2.05) is 0 Å². The van der Waals surface area contributed by atoms with Crippen LogP contribution >= 0.6 is 0 Å². The number of ether oxygens (including phenoxy) is 1. The number of para-hydroxylation sites is 1. The summed E-state index contributed by atoms with van der Waals surface area (Å²) in [6.45, 7) is 0. The molecule has 0 heterocycles. The van der Waals surface area contributed by atoms with Gasteiger partial charge >= 0.3 is 6.36 Å². The minimum absolute atomic E-state index is 0.0850. The Balaban J connectivity index is 2.47. The van der Waals surface area contributed by atoms with Gasteiger partial charge in [0, 0.05) is 11.3 Å². The highest BCUT2D eigenvalue weighted by Crippen LogP contribution is 2.34. The lowest BCUT2D eigenvalue weighted by molar-refractivity contribution is -0.274. The molecule has 0 spiro atoms. The summed E-state index contributed by atoms with van der Waals surface area (Å²) < 4.78 is 41.1. The maximum Gasteiger partial charge on any atom is 0.573 e. The van der Waals surface area contributed by atoms with Crippen LogP contribution in [0.25, 0.3) is 11.1 Å². The first-order valence-corrected chi connectivity index (χ1v) is 5.82. The average Bonchev–Trinajstić information content (AvgIpc) is 2.36. The monoisotopic (exact) mass is 296 g/mol. The molecule has 0 unspecified atom stereocenters. The molecule has 4 N–H and O–H groups in total. The number of carbonyl (C=O) groups is 1. The summed E-state index contributed by atoms with van der Waals surface area (Å²) in [5.74, 6) is -1.06. The number of carbonyl (C=O) groups excluding carboxylic acids is 1. The van der Waals surface area contributed by atoms with Crippen LogP contribution in [0.2, 0.25) is 0 Å². The van der Waals surface area contributed by atoms with Crippen molar-refractivity contribution in [1.29, 1.82) is 0 Å². The summed E-state index contributed by atoms with van der Waals surface area (Å²) in [5.41, 5.74) is 11.6. The van der Waals surface area contributed by atoms with Crippen molar-refractivity contribution >= 4 is 11.6 Å². The van der Waals surface area contributed by atoms with Crippen molar-refractivity contribution in [1.82, 2.24) is 0 Å². The SMILES string of the molecule is NC(=O)c1ccc(-c2ccccc2OC(F)(F)F)cc1N. The zero-order valence-electron chi connectivity index (χ0n) is 10.6. The number of primary amides is 1. The standard InChI is InChI=1S/C14H11F3N2O2/c15-14(16,17)21-12-4-2-1-3-9(12)8-5-6-10(13(19)20)11(18)7-8/h1-7H,18H2,(H2,19,20). The number of amides is 1. The first kappa shape index (κ1) is 14.7. The third kappa shape index (κ3) is 3.44. The number of nitrogen functional groups attached to an aromatic ring is 1. The molecule has 110 valence electrons. The van der Waals surface area contributed by atoms with E-state index in [0.29, 0.717) is 5.56 Å². The van der Waals surface area contributed by atoms with Gasteiger partial charge in [0.05, 0.1) is 5.56 Å². The van der Waals surface area contributed by atoms with Crippen molar-refractivity contribution in [2.45, 2.75) is 6.36 Å². The number of benzene rings is 2. The Morgan fingerprint density at radius 3 is 2.33 bits per heavy atom. The zero-order chi connectivity index (χ0) is 15.6.